The maximum absolute atomic E-state index is 13.4. The number of anilines is 1. The van der Waals surface area contributed by atoms with Crippen molar-refractivity contribution in [3.05, 3.63) is 81.9 Å². The van der Waals surface area contributed by atoms with E-state index in [1.165, 1.54) is 13.0 Å². The van der Waals surface area contributed by atoms with Crippen LogP contribution in [0.3, 0.4) is 0 Å². The molecule has 1 atom stereocenters. The molecule has 2 heterocycles. The van der Waals surface area contributed by atoms with Crippen LogP contribution < -0.4 is 16.0 Å². The minimum Gasteiger partial charge on any atom is -0.362 e. The van der Waals surface area contributed by atoms with Crippen molar-refractivity contribution >= 4 is 18.2 Å². The molecule has 1 aliphatic rings. The van der Waals surface area contributed by atoms with E-state index in [0.717, 1.165) is 47.5 Å². The lowest BCUT2D eigenvalue weighted by Crippen LogP contribution is -2.36. The van der Waals surface area contributed by atoms with Gasteiger partial charge in [-0.3, -0.25) is 0 Å². The number of nitrogens with one attached hydrogen (secondary N) is 1. The van der Waals surface area contributed by atoms with E-state index < -0.39 is 17.9 Å². The molecule has 3 N–H and O–H groups in total. The predicted molar refractivity (Wildman–Crippen MR) is 132 cm³/mol. The van der Waals surface area contributed by atoms with Crippen molar-refractivity contribution in [2.45, 2.75) is 46.2 Å². The highest BCUT2D eigenvalue weighted by atomic mass is 19.4. The Labute approximate surface area is 202 Å². The topological polar surface area (TPSA) is 83.8 Å². The summed E-state index contributed by atoms with van der Waals surface area (Å²) < 4.78 is 42.3. The fourth-order valence-electron chi connectivity index (χ4n) is 4.43. The number of alkyl halides is 3. The second-order valence-electron chi connectivity index (χ2n) is 8.64. The molecule has 4 rings (SSSR count). The number of benzene rings is 2. The first kappa shape index (κ1) is 24.5. The molecular formula is C25H28F3N7. The quantitative estimate of drug-likeness (QED) is 0.243. The maximum atomic E-state index is 13.4. The van der Waals surface area contributed by atoms with Crippen LogP contribution in [0.2, 0.25) is 0 Å². The highest BCUT2D eigenvalue weighted by Gasteiger charge is 2.33. The van der Waals surface area contributed by atoms with Crippen molar-refractivity contribution in [3.8, 4) is 0 Å². The number of hydrogen-bond donors (Lipinski definition) is 2. The van der Waals surface area contributed by atoms with E-state index in [-0.39, 0.29) is 5.56 Å². The third-order valence-electron chi connectivity index (χ3n) is 6.24. The second kappa shape index (κ2) is 9.53. The molecule has 7 nitrogen and oxygen atoms in total. The molecule has 0 saturated heterocycles. The van der Waals surface area contributed by atoms with Crippen LogP contribution in [0.1, 0.15) is 45.5 Å². The van der Waals surface area contributed by atoms with Crippen LogP contribution in [-0.2, 0) is 19.3 Å². The first-order valence-corrected chi connectivity index (χ1v) is 11.2. The molecule has 1 aromatic heterocycles. The largest absolute Gasteiger partial charge is 0.416 e. The van der Waals surface area contributed by atoms with E-state index in [0.29, 0.717) is 17.9 Å². The van der Waals surface area contributed by atoms with Gasteiger partial charge in [0.05, 0.1) is 17.8 Å². The Morgan fingerprint density at radius 2 is 1.94 bits per heavy atom. The minimum atomic E-state index is -4.47. The van der Waals surface area contributed by atoms with E-state index in [1.54, 1.807) is 6.07 Å². The summed E-state index contributed by atoms with van der Waals surface area (Å²) in [4.78, 5) is 6.83. The van der Waals surface area contributed by atoms with Crippen LogP contribution in [0, 0.1) is 20.8 Å². The van der Waals surface area contributed by atoms with Gasteiger partial charge in [0.2, 0.25) is 0 Å². The molecule has 0 saturated carbocycles. The van der Waals surface area contributed by atoms with E-state index in [2.05, 4.69) is 42.9 Å². The summed E-state index contributed by atoms with van der Waals surface area (Å²) in [7, 11) is 0. The van der Waals surface area contributed by atoms with Gasteiger partial charge in [0.1, 0.15) is 12.0 Å². The zero-order valence-electron chi connectivity index (χ0n) is 19.9. The standard InChI is InChI=1S/C25H28F3N7/c1-15-8-9-18(34-10-11-35-13-16(2)31-22(35)14-34)12-20(15)24(33-30-4)32-23(29)19-6-5-7-21(17(19)3)25(26,27)28/h5-9,12-13,23H,4,10-11,14,29H2,1-3H3,(H,32,33)/t23-/m0/s1. The summed E-state index contributed by atoms with van der Waals surface area (Å²) in [6, 6.07) is 9.94. The van der Waals surface area contributed by atoms with Crippen molar-refractivity contribution < 1.29 is 13.2 Å². The van der Waals surface area contributed by atoms with E-state index >= 15 is 0 Å². The van der Waals surface area contributed by atoms with Gasteiger partial charge in [-0.15, -0.1) is 5.10 Å². The lowest BCUT2D eigenvalue weighted by Gasteiger charge is -2.30. The summed E-state index contributed by atoms with van der Waals surface area (Å²) in [5, 5.41) is 10.8. The van der Waals surface area contributed by atoms with Crippen molar-refractivity contribution in [2.75, 3.05) is 11.4 Å². The van der Waals surface area contributed by atoms with E-state index in [4.69, 9.17) is 5.73 Å². The lowest BCUT2D eigenvalue weighted by atomic mass is 9.99. The van der Waals surface area contributed by atoms with Crippen molar-refractivity contribution in [1.29, 1.82) is 0 Å². The average molecular weight is 484 g/mol. The van der Waals surface area contributed by atoms with Crippen LogP contribution in [0.15, 0.2) is 52.8 Å². The second-order valence-corrected chi connectivity index (χ2v) is 8.64. The first-order chi connectivity index (χ1) is 16.6. The third-order valence-corrected chi connectivity index (χ3v) is 6.24. The van der Waals surface area contributed by atoms with Gasteiger partial charge in [-0.1, -0.05) is 18.2 Å². The SMILES string of the molecule is C=N/N=C(/N[C@H](N)c1cccc(C(F)(F)F)c1C)c1cc(N2CCn3cc(C)nc3C2)ccc1C. The van der Waals surface area contributed by atoms with E-state index in [9.17, 15) is 13.2 Å². The lowest BCUT2D eigenvalue weighted by molar-refractivity contribution is -0.138. The number of rotatable bonds is 5. The molecule has 0 amide bonds. The fourth-order valence-corrected chi connectivity index (χ4v) is 4.43. The molecule has 0 radical (unpaired) electrons. The summed E-state index contributed by atoms with van der Waals surface area (Å²) in [6.07, 6.45) is -3.35. The molecule has 35 heavy (non-hydrogen) atoms. The molecule has 0 unspecified atom stereocenters. The van der Waals surface area contributed by atoms with Crippen molar-refractivity contribution in [1.82, 2.24) is 14.9 Å². The highest BCUT2D eigenvalue weighted by Crippen LogP contribution is 2.34. The Balaban J connectivity index is 1.63. The number of nitrogens with zero attached hydrogens (tertiary/aromatic N) is 5. The Bertz CT molecular complexity index is 1280. The smallest absolute Gasteiger partial charge is 0.362 e. The zero-order chi connectivity index (χ0) is 25.3. The number of aryl methyl sites for hydroxylation is 2. The van der Waals surface area contributed by atoms with Crippen molar-refractivity contribution in [2.24, 2.45) is 15.9 Å². The van der Waals surface area contributed by atoms with E-state index in [1.807, 2.05) is 32.0 Å². The highest BCUT2D eigenvalue weighted by molar-refractivity contribution is 6.01. The van der Waals surface area contributed by atoms with Gasteiger partial charge in [0.15, 0.2) is 5.84 Å². The molecule has 1 aliphatic heterocycles. The number of fused-ring (bicyclic) bond motifs is 1. The molecular weight excluding hydrogens is 455 g/mol. The van der Waals surface area contributed by atoms with Crippen LogP contribution in [-0.4, -0.2) is 28.6 Å². The number of halogens is 3. The summed E-state index contributed by atoms with van der Waals surface area (Å²) >= 11 is 0. The number of hydrogen-bond acceptors (Lipinski definition) is 5. The van der Waals surface area contributed by atoms with Gasteiger partial charge >= 0.3 is 6.18 Å². The average Bonchev–Trinajstić information content (AvgIpc) is 3.17. The molecule has 0 aliphatic carbocycles. The summed E-state index contributed by atoms with van der Waals surface area (Å²) in [5.41, 5.74) is 9.59. The Morgan fingerprint density at radius 1 is 1.17 bits per heavy atom. The Hall–Kier alpha value is -3.66. The third kappa shape index (κ3) is 5.07. The molecule has 0 bridgehead atoms. The monoisotopic (exact) mass is 483 g/mol. The Kier molecular flexibility index (Phi) is 6.66. The number of aromatic nitrogens is 2. The predicted octanol–water partition coefficient (Wildman–Crippen LogP) is 4.46. The van der Waals surface area contributed by atoms with Crippen LogP contribution in [0.5, 0.6) is 0 Å². The maximum Gasteiger partial charge on any atom is 0.416 e. The number of nitrogens with two attached hydrogens (primary N) is 1. The molecule has 0 spiro atoms. The van der Waals surface area contributed by atoms with Crippen LogP contribution in [0.4, 0.5) is 18.9 Å². The Morgan fingerprint density at radius 3 is 2.66 bits per heavy atom. The normalized spacial score (nSPS) is 15.1. The molecule has 3 aromatic rings. The van der Waals surface area contributed by atoms with Crippen LogP contribution >= 0.6 is 0 Å². The van der Waals surface area contributed by atoms with Gasteiger partial charge in [0, 0.05) is 37.3 Å². The van der Waals surface area contributed by atoms with Crippen molar-refractivity contribution in [3.63, 3.8) is 0 Å². The van der Waals surface area contributed by atoms with Gasteiger partial charge < -0.3 is 20.5 Å². The summed E-state index contributed by atoms with van der Waals surface area (Å²) in [5.74, 6) is 1.33. The molecule has 0 fully saturated rings. The van der Waals surface area contributed by atoms with Gasteiger partial charge in [-0.2, -0.15) is 18.3 Å². The summed E-state index contributed by atoms with van der Waals surface area (Å²) in [6.45, 7) is 11.1. The first-order valence-electron chi connectivity index (χ1n) is 11.2. The zero-order valence-corrected chi connectivity index (χ0v) is 19.9. The number of amidine groups is 1. The number of imidazole rings is 1. The fraction of sp³-hybridized carbons (Fsp3) is 0.320. The molecule has 10 heteroatoms. The van der Waals surface area contributed by atoms with Crippen LogP contribution in [0.25, 0.3) is 0 Å². The van der Waals surface area contributed by atoms with Gasteiger partial charge in [-0.25, -0.2) is 4.98 Å². The molecule has 184 valence electrons. The van der Waals surface area contributed by atoms with Gasteiger partial charge in [0.25, 0.3) is 0 Å². The van der Waals surface area contributed by atoms with Gasteiger partial charge in [-0.05, 0) is 55.7 Å². The molecule has 2 aromatic carbocycles. The minimum absolute atomic E-state index is 0.0653.